The fourth-order valence-corrected chi connectivity index (χ4v) is 2.68. The Balaban J connectivity index is 0.00000161. The van der Waals surface area contributed by atoms with Gasteiger partial charge < -0.3 is 20.1 Å². The average molecular weight is 313 g/mol. The SMILES string of the molecule is CC1NCCCC1NC(=O)c1ccc2c(c1)OCCO2.Cl. The standard InChI is InChI=1S/C15H20N2O3.ClH/c1-10-12(3-2-6-16-10)17-15(18)11-4-5-13-14(9-11)20-8-7-19-13;/h4-5,9-10,12,16H,2-3,6-8H2,1H3,(H,17,18);1H. The van der Waals surface area contributed by atoms with Gasteiger partial charge in [0.1, 0.15) is 13.2 Å². The minimum atomic E-state index is -0.0532. The molecule has 3 rings (SSSR count). The zero-order valence-electron chi connectivity index (χ0n) is 12.1. The molecule has 1 aromatic rings. The van der Waals surface area contributed by atoms with Gasteiger partial charge in [0, 0.05) is 17.6 Å². The number of carbonyl (C=O) groups excluding carboxylic acids is 1. The Bertz CT molecular complexity index is 510. The Labute approximate surface area is 130 Å². The van der Waals surface area contributed by atoms with E-state index in [0.29, 0.717) is 36.3 Å². The van der Waals surface area contributed by atoms with Crippen molar-refractivity contribution in [2.75, 3.05) is 19.8 Å². The van der Waals surface area contributed by atoms with E-state index in [9.17, 15) is 4.79 Å². The predicted molar refractivity (Wildman–Crippen MR) is 82.6 cm³/mol. The van der Waals surface area contributed by atoms with Crippen molar-refractivity contribution in [1.82, 2.24) is 10.6 Å². The molecule has 6 heteroatoms. The summed E-state index contributed by atoms with van der Waals surface area (Å²) in [6.07, 6.45) is 2.11. The number of halogens is 1. The largest absolute Gasteiger partial charge is 0.486 e. The van der Waals surface area contributed by atoms with Crippen LogP contribution in [0.2, 0.25) is 0 Å². The van der Waals surface area contributed by atoms with Crippen LogP contribution in [0.4, 0.5) is 0 Å². The highest BCUT2D eigenvalue weighted by atomic mass is 35.5. The molecule has 0 aliphatic carbocycles. The topological polar surface area (TPSA) is 59.6 Å². The third-order valence-electron chi connectivity index (χ3n) is 3.88. The fourth-order valence-electron chi connectivity index (χ4n) is 2.68. The number of nitrogens with one attached hydrogen (secondary N) is 2. The van der Waals surface area contributed by atoms with Crippen molar-refractivity contribution in [2.24, 2.45) is 0 Å². The summed E-state index contributed by atoms with van der Waals surface area (Å²) in [4.78, 5) is 12.3. The first-order chi connectivity index (χ1) is 9.74. The molecule has 0 saturated carbocycles. The van der Waals surface area contributed by atoms with Crippen LogP contribution in [-0.4, -0.2) is 37.7 Å². The molecule has 2 unspecified atom stereocenters. The van der Waals surface area contributed by atoms with E-state index in [0.717, 1.165) is 19.4 Å². The van der Waals surface area contributed by atoms with Crippen molar-refractivity contribution in [1.29, 1.82) is 0 Å². The summed E-state index contributed by atoms with van der Waals surface area (Å²) in [7, 11) is 0. The molecular formula is C15H21ClN2O3. The number of fused-ring (bicyclic) bond motifs is 1. The van der Waals surface area contributed by atoms with E-state index >= 15 is 0 Å². The number of rotatable bonds is 2. The Kier molecular flexibility index (Phi) is 5.31. The molecule has 2 atom stereocenters. The average Bonchev–Trinajstić information content (AvgIpc) is 2.49. The second kappa shape index (κ2) is 7.00. The minimum absolute atomic E-state index is 0. The van der Waals surface area contributed by atoms with E-state index in [4.69, 9.17) is 9.47 Å². The number of amides is 1. The van der Waals surface area contributed by atoms with E-state index in [1.165, 1.54) is 0 Å². The number of hydrogen-bond donors (Lipinski definition) is 2. The predicted octanol–water partition coefficient (Wildman–Crippen LogP) is 1.75. The maximum atomic E-state index is 12.3. The maximum absolute atomic E-state index is 12.3. The van der Waals surface area contributed by atoms with Crippen molar-refractivity contribution in [3.8, 4) is 11.5 Å². The molecule has 2 N–H and O–H groups in total. The van der Waals surface area contributed by atoms with E-state index in [1.54, 1.807) is 18.2 Å². The summed E-state index contributed by atoms with van der Waals surface area (Å²) in [6, 6.07) is 5.83. The summed E-state index contributed by atoms with van der Waals surface area (Å²) in [6.45, 7) is 4.22. The number of benzene rings is 1. The van der Waals surface area contributed by atoms with E-state index < -0.39 is 0 Å². The van der Waals surface area contributed by atoms with Crippen molar-refractivity contribution < 1.29 is 14.3 Å². The quantitative estimate of drug-likeness (QED) is 0.873. The molecule has 2 aliphatic rings. The minimum Gasteiger partial charge on any atom is -0.486 e. The Hall–Kier alpha value is -1.46. The van der Waals surface area contributed by atoms with Crippen LogP contribution < -0.4 is 20.1 Å². The van der Waals surface area contributed by atoms with Gasteiger partial charge in [0.05, 0.1) is 0 Å². The number of hydrogen-bond acceptors (Lipinski definition) is 4. The monoisotopic (exact) mass is 312 g/mol. The van der Waals surface area contributed by atoms with Crippen LogP contribution in [0.15, 0.2) is 18.2 Å². The van der Waals surface area contributed by atoms with Gasteiger partial charge in [0.25, 0.3) is 5.91 Å². The van der Waals surface area contributed by atoms with Crippen LogP contribution in [0.5, 0.6) is 11.5 Å². The van der Waals surface area contributed by atoms with Gasteiger partial charge in [-0.2, -0.15) is 0 Å². The summed E-state index contributed by atoms with van der Waals surface area (Å²) < 4.78 is 11.0. The highest BCUT2D eigenvalue weighted by Gasteiger charge is 2.23. The van der Waals surface area contributed by atoms with Crippen LogP contribution in [0.1, 0.15) is 30.1 Å². The summed E-state index contributed by atoms with van der Waals surface area (Å²) >= 11 is 0. The van der Waals surface area contributed by atoms with Crippen LogP contribution in [0.3, 0.4) is 0 Å². The number of carbonyl (C=O) groups is 1. The highest BCUT2D eigenvalue weighted by molar-refractivity contribution is 5.95. The molecule has 0 bridgehead atoms. The maximum Gasteiger partial charge on any atom is 0.251 e. The van der Waals surface area contributed by atoms with E-state index in [2.05, 4.69) is 17.6 Å². The molecule has 0 spiro atoms. The van der Waals surface area contributed by atoms with Gasteiger partial charge in [0.15, 0.2) is 11.5 Å². The van der Waals surface area contributed by atoms with Gasteiger partial charge in [-0.1, -0.05) is 0 Å². The molecule has 1 aromatic carbocycles. The normalized spacial score (nSPS) is 23.9. The molecule has 0 aromatic heterocycles. The van der Waals surface area contributed by atoms with Crippen LogP contribution >= 0.6 is 12.4 Å². The zero-order valence-corrected chi connectivity index (χ0v) is 12.9. The molecule has 1 amide bonds. The lowest BCUT2D eigenvalue weighted by atomic mass is 9.99. The molecule has 1 fully saturated rings. The van der Waals surface area contributed by atoms with Crippen LogP contribution in [-0.2, 0) is 0 Å². The first-order valence-electron chi connectivity index (χ1n) is 7.18. The van der Waals surface area contributed by atoms with Crippen molar-refractivity contribution in [3.63, 3.8) is 0 Å². The summed E-state index contributed by atoms with van der Waals surface area (Å²) in [5, 5.41) is 6.47. The lowest BCUT2D eigenvalue weighted by Gasteiger charge is -2.30. The second-order valence-electron chi connectivity index (χ2n) is 5.32. The summed E-state index contributed by atoms with van der Waals surface area (Å²) in [5.41, 5.74) is 0.618. The lowest BCUT2D eigenvalue weighted by Crippen LogP contribution is -2.51. The Morgan fingerprint density at radius 2 is 2.05 bits per heavy atom. The van der Waals surface area contributed by atoms with E-state index in [1.807, 2.05) is 0 Å². The van der Waals surface area contributed by atoms with Gasteiger partial charge in [0.2, 0.25) is 0 Å². The smallest absolute Gasteiger partial charge is 0.251 e. The second-order valence-corrected chi connectivity index (χ2v) is 5.32. The number of ether oxygens (including phenoxy) is 2. The molecule has 5 nitrogen and oxygen atoms in total. The molecule has 116 valence electrons. The molecule has 2 aliphatic heterocycles. The van der Waals surface area contributed by atoms with Gasteiger partial charge in [-0.3, -0.25) is 4.79 Å². The first kappa shape index (κ1) is 15.9. The van der Waals surface area contributed by atoms with Crippen molar-refractivity contribution in [3.05, 3.63) is 23.8 Å². The lowest BCUT2D eigenvalue weighted by molar-refractivity contribution is 0.0918. The molecule has 2 heterocycles. The van der Waals surface area contributed by atoms with Gasteiger partial charge in [-0.15, -0.1) is 12.4 Å². The first-order valence-corrected chi connectivity index (χ1v) is 7.18. The van der Waals surface area contributed by atoms with Crippen LogP contribution in [0, 0.1) is 0 Å². The molecular weight excluding hydrogens is 292 g/mol. The van der Waals surface area contributed by atoms with Gasteiger partial charge in [-0.05, 0) is 44.5 Å². The van der Waals surface area contributed by atoms with Crippen LogP contribution in [0.25, 0.3) is 0 Å². The Morgan fingerprint density at radius 3 is 2.81 bits per heavy atom. The third kappa shape index (κ3) is 3.60. The molecule has 21 heavy (non-hydrogen) atoms. The van der Waals surface area contributed by atoms with Crippen molar-refractivity contribution in [2.45, 2.75) is 31.8 Å². The van der Waals surface area contributed by atoms with Crippen molar-refractivity contribution >= 4 is 18.3 Å². The van der Waals surface area contributed by atoms with Gasteiger partial charge in [-0.25, -0.2) is 0 Å². The highest BCUT2D eigenvalue weighted by Crippen LogP contribution is 2.30. The number of piperidine rings is 1. The third-order valence-corrected chi connectivity index (χ3v) is 3.88. The van der Waals surface area contributed by atoms with Gasteiger partial charge >= 0.3 is 0 Å². The zero-order chi connectivity index (χ0) is 13.9. The van der Waals surface area contributed by atoms with E-state index in [-0.39, 0.29) is 24.4 Å². The Morgan fingerprint density at radius 1 is 1.29 bits per heavy atom. The molecule has 0 radical (unpaired) electrons. The summed E-state index contributed by atoms with van der Waals surface area (Å²) in [5.74, 6) is 1.31. The fraction of sp³-hybridized carbons (Fsp3) is 0.533. The molecule has 1 saturated heterocycles.